The number of nitrogens with zero attached hydrogens (tertiary/aromatic N) is 2. The standard InChI is InChI=1S/C19H25N3O3.C2HF3O2/c1-19(2,24)10-17(23)20-11-16-18-15(8-9-25-16)13-22(21-18)12-14-6-4-3-5-7-14;3-2(4,5)1(6)7/h3-7,13,16,24H,8-12H2,1-2H3,(H,20,23);(H,6,7). The minimum atomic E-state index is -5.08. The number of amides is 1. The first-order chi connectivity index (χ1) is 14.8. The number of carbonyl (C=O) groups is 2. The van der Waals surface area contributed by atoms with Crippen molar-refractivity contribution < 1.29 is 37.7 Å². The lowest BCUT2D eigenvalue weighted by Gasteiger charge is -2.23. The van der Waals surface area contributed by atoms with E-state index in [1.165, 1.54) is 11.1 Å². The van der Waals surface area contributed by atoms with Gasteiger partial charge in [0.15, 0.2) is 0 Å². The van der Waals surface area contributed by atoms with Crippen LogP contribution in [0.4, 0.5) is 13.2 Å². The second kappa shape index (κ2) is 10.6. The van der Waals surface area contributed by atoms with E-state index in [9.17, 15) is 23.1 Å². The van der Waals surface area contributed by atoms with Crippen molar-refractivity contribution in [2.75, 3.05) is 13.2 Å². The molecule has 11 heteroatoms. The summed E-state index contributed by atoms with van der Waals surface area (Å²) in [4.78, 5) is 20.8. The van der Waals surface area contributed by atoms with Crippen molar-refractivity contribution in [1.82, 2.24) is 15.1 Å². The molecule has 0 fully saturated rings. The molecule has 3 rings (SSSR count). The number of carboxylic acids is 1. The first-order valence-electron chi connectivity index (χ1n) is 9.86. The third-order valence-corrected chi connectivity index (χ3v) is 4.37. The van der Waals surface area contributed by atoms with E-state index in [1.54, 1.807) is 13.8 Å². The number of carboxylic acid groups (broad SMARTS) is 1. The van der Waals surface area contributed by atoms with Gasteiger partial charge in [0.25, 0.3) is 0 Å². The summed E-state index contributed by atoms with van der Waals surface area (Å²) < 4.78 is 39.5. The van der Waals surface area contributed by atoms with Crippen LogP contribution in [0.25, 0.3) is 0 Å². The predicted molar refractivity (Wildman–Crippen MR) is 108 cm³/mol. The zero-order chi connectivity index (χ0) is 23.9. The number of halogens is 3. The second-order valence-electron chi connectivity index (χ2n) is 7.93. The van der Waals surface area contributed by atoms with Crippen LogP contribution in [0.3, 0.4) is 0 Å². The molecule has 1 aliphatic rings. The van der Waals surface area contributed by atoms with Crippen LogP contribution in [0, 0.1) is 0 Å². The summed E-state index contributed by atoms with van der Waals surface area (Å²) in [6.45, 7) is 4.94. The number of ether oxygens (including phenoxy) is 1. The molecule has 1 aromatic heterocycles. The second-order valence-corrected chi connectivity index (χ2v) is 7.93. The van der Waals surface area contributed by atoms with Gasteiger partial charge in [0.2, 0.25) is 5.91 Å². The molecule has 8 nitrogen and oxygen atoms in total. The number of hydrogen-bond acceptors (Lipinski definition) is 5. The Labute approximate surface area is 183 Å². The van der Waals surface area contributed by atoms with Crippen molar-refractivity contribution in [1.29, 1.82) is 0 Å². The Morgan fingerprint density at radius 1 is 1.25 bits per heavy atom. The molecule has 2 heterocycles. The van der Waals surface area contributed by atoms with Gasteiger partial charge >= 0.3 is 12.1 Å². The van der Waals surface area contributed by atoms with Crippen molar-refractivity contribution >= 4 is 11.9 Å². The Kier molecular flexibility index (Phi) is 8.39. The molecular formula is C21H26F3N3O5. The van der Waals surface area contributed by atoms with Crippen LogP contribution in [-0.2, 0) is 27.3 Å². The quantitative estimate of drug-likeness (QED) is 0.614. The fourth-order valence-electron chi connectivity index (χ4n) is 3.00. The summed E-state index contributed by atoms with van der Waals surface area (Å²) in [5, 5.41) is 24.4. The maximum Gasteiger partial charge on any atom is 0.490 e. The van der Waals surface area contributed by atoms with Gasteiger partial charge in [-0.15, -0.1) is 0 Å². The summed E-state index contributed by atoms with van der Waals surface area (Å²) in [5.74, 6) is -2.94. The molecule has 1 amide bonds. The number of aliphatic hydroxyl groups is 1. The first-order valence-corrected chi connectivity index (χ1v) is 9.86. The van der Waals surface area contributed by atoms with Crippen LogP contribution >= 0.6 is 0 Å². The van der Waals surface area contributed by atoms with Crippen LogP contribution in [0.1, 0.15) is 43.2 Å². The largest absolute Gasteiger partial charge is 0.490 e. The average molecular weight is 457 g/mol. The van der Waals surface area contributed by atoms with E-state index in [-0.39, 0.29) is 18.4 Å². The number of fused-ring (bicyclic) bond motifs is 1. The predicted octanol–water partition coefficient (Wildman–Crippen LogP) is 2.46. The van der Waals surface area contributed by atoms with Gasteiger partial charge in [0.05, 0.1) is 30.9 Å². The van der Waals surface area contributed by atoms with E-state index in [0.717, 1.165) is 12.1 Å². The van der Waals surface area contributed by atoms with Crippen molar-refractivity contribution in [2.45, 2.75) is 51.1 Å². The maximum absolute atomic E-state index is 11.9. The normalized spacial score (nSPS) is 15.9. The molecule has 2 aromatic rings. The lowest BCUT2D eigenvalue weighted by molar-refractivity contribution is -0.192. The van der Waals surface area contributed by atoms with E-state index in [1.807, 2.05) is 22.9 Å². The van der Waals surface area contributed by atoms with E-state index in [2.05, 4.69) is 28.7 Å². The highest BCUT2D eigenvalue weighted by Gasteiger charge is 2.38. The maximum atomic E-state index is 11.9. The van der Waals surface area contributed by atoms with Crippen molar-refractivity contribution in [3.05, 3.63) is 53.3 Å². The number of nitrogens with one attached hydrogen (secondary N) is 1. The molecule has 0 saturated carbocycles. The lowest BCUT2D eigenvalue weighted by atomic mass is 10.0. The topological polar surface area (TPSA) is 114 Å². The molecule has 1 atom stereocenters. The van der Waals surface area contributed by atoms with Crippen LogP contribution in [0.2, 0.25) is 0 Å². The minimum absolute atomic E-state index is 0.0645. The van der Waals surface area contributed by atoms with Crippen molar-refractivity contribution in [3.8, 4) is 0 Å². The molecular weight excluding hydrogens is 431 g/mol. The number of carbonyl (C=O) groups excluding carboxylic acids is 1. The Hall–Kier alpha value is -2.92. The molecule has 32 heavy (non-hydrogen) atoms. The Bertz CT molecular complexity index is 908. The molecule has 0 spiro atoms. The molecule has 3 N–H and O–H groups in total. The number of rotatable bonds is 6. The summed E-state index contributed by atoms with van der Waals surface area (Å²) in [6, 6.07) is 10.2. The highest BCUT2D eigenvalue weighted by atomic mass is 19.4. The van der Waals surface area contributed by atoms with E-state index >= 15 is 0 Å². The van der Waals surface area contributed by atoms with Crippen molar-refractivity contribution in [2.24, 2.45) is 0 Å². The number of aliphatic carboxylic acids is 1. The summed E-state index contributed by atoms with van der Waals surface area (Å²) >= 11 is 0. The summed E-state index contributed by atoms with van der Waals surface area (Å²) in [7, 11) is 0. The lowest BCUT2D eigenvalue weighted by Crippen LogP contribution is -2.36. The van der Waals surface area contributed by atoms with E-state index < -0.39 is 17.7 Å². The monoisotopic (exact) mass is 457 g/mol. The van der Waals surface area contributed by atoms with Gasteiger partial charge in [-0.3, -0.25) is 9.48 Å². The molecule has 0 saturated heterocycles. The van der Waals surface area contributed by atoms with Gasteiger partial charge in [0.1, 0.15) is 6.10 Å². The number of benzene rings is 1. The van der Waals surface area contributed by atoms with E-state index in [4.69, 9.17) is 14.6 Å². The molecule has 0 aliphatic carbocycles. The fraction of sp³-hybridized carbons (Fsp3) is 0.476. The Morgan fingerprint density at radius 2 is 1.88 bits per heavy atom. The third-order valence-electron chi connectivity index (χ3n) is 4.37. The number of hydrogen-bond donors (Lipinski definition) is 3. The highest BCUT2D eigenvalue weighted by Crippen LogP contribution is 2.25. The van der Waals surface area contributed by atoms with Gasteiger partial charge in [-0.1, -0.05) is 30.3 Å². The van der Waals surface area contributed by atoms with Gasteiger partial charge in [-0.25, -0.2) is 4.79 Å². The molecule has 1 aliphatic heterocycles. The minimum Gasteiger partial charge on any atom is -0.475 e. The fourth-order valence-corrected chi connectivity index (χ4v) is 3.00. The van der Waals surface area contributed by atoms with Crippen LogP contribution in [0.5, 0.6) is 0 Å². The molecule has 0 bridgehead atoms. The number of alkyl halides is 3. The van der Waals surface area contributed by atoms with Crippen LogP contribution in [0.15, 0.2) is 36.5 Å². The number of aromatic nitrogens is 2. The third kappa shape index (κ3) is 8.31. The Balaban J connectivity index is 0.000000451. The summed E-state index contributed by atoms with van der Waals surface area (Å²) in [6.07, 6.45) is -2.37. The smallest absolute Gasteiger partial charge is 0.475 e. The first kappa shape index (κ1) is 25.3. The van der Waals surface area contributed by atoms with Gasteiger partial charge in [0, 0.05) is 12.7 Å². The van der Waals surface area contributed by atoms with Crippen molar-refractivity contribution in [3.63, 3.8) is 0 Å². The zero-order valence-electron chi connectivity index (χ0n) is 17.7. The van der Waals surface area contributed by atoms with Crippen LogP contribution < -0.4 is 5.32 Å². The van der Waals surface area contributed by atoms with Crippen LogP contribution in [-0.4, -0.2) is 56.8 Å². The van der Waals surface area contributed by atoms with Gasteiger partial charge in [-0.05, 0) is 31.4 Å². The van der Waals surface area contributed by atoms with Gasteiger partial charge < -0.3 is 20.3 Å². The zero-order valence-corrected chi connectivity index (χ0v) is 17.7. The molecule has 176 valence electrons. The Morgan fingerprint density at radius 3 is 2.44 bits per heavy atom. The summed E-state index contributed by atoms with van der Waals surface area (Å²) in [5.41, 5.74) is 2.24. The van der Waals surface area contributed by atoms with E-state index in [0.29, 0.717) is 19.7 Å². The highest BCUT2D eigenvalue weighted by molar-refractivity contribution is 5.76. The van der Waals surface area contributed by atoms with Gasteiger partial charge in [-0.2, -0.15) is 18.3 Å². The average Bonchev–Trinajstić information content (AvgIpc) is 3.08. The molecule has 0 radical (unpaired) electrons. The SMILES string of the molecule is CC(C)(O)CC(=O)NCC1OCCc2cn(Cc3ccccc3)nc21.O=C(O)C(F)(F)F. The molecule has 1 aromatic carbocycles. The molecule has 1 unspecified atom stereocenters.